The maximum absolute atomic E-state index is 12.8. The van der Waals surface area contributed by atoms with Gasteiger partial charge in [0.15, 0.2) is 5.69 Å². The average molecular weight is 310 g/mol. The molecule has 2 heterocycles. The molecule has 1 aliphatic rings. The van der Waals surface area contributed by atoms with E-state index in [2.05, 4.69) is 9.71 Å². The Labute approximate surface area is 114 Å². The minimum Gasteiger partial charge on any atom is -0.379 e. The van der Waals surface area contributed by atoms with E-state index in [0.29, 0.717) is 13.0 Å². The molecule has 1 aromatic heterocycles. The van der Waals surface area contributed by atoms with Gasteiger partial charge in [-0.2, -0.15) is 13.2 Å². The van der Waals surface area contributed by atoms with Crippen LogP contribution in [-0.2, 0) is 20.9 Å². The normalized spacial score (nSPS) is 24.0. The number of rotatable bonds is 3. The molecule has 1 aromatic rings. The molecule has 20 heavy (non-hydrogen) atoms. The molecule has 0 bridgehead atoms. The Morgan fingerprint density at radius 3 is 2.70 bits per heavy atom. The maximum atomic E-state index is 12.8. The molecule has 0 saturated carbocycles. The molecule has 1 atom stereocenters. The lowest BCUT2D eigenvalue weighted by molar-refractivity contribution is -0.143. The van der Waals surface area contributed by atoms with E-state index in [-0.39, 0.29) is 6.61 Å². The van der Waals surface area contributed by atoms with Crippen molar-refractivity contribution >= 4 is 10.0 Å². The molecule has 0 radical (unpaired) electrons. The molecular formula is C11H13F3N2O3S. The summed E-state index contributed by atoms with van der Waals surface area (Å²) < 4.78 is 70.1. The minimum atomic E-state index is -4.83. The van der Waals surface area contributed by atoms with Crippen molar-refractivity contribution in [1.29, 1.82) is 0 Å². The summed E-state index contributed by atoms with van der Waals surface area (Å²) in [5.41, 5.74) is -2.33. The van der Waals surface area contributed by atoms with Gasteiger partial charge < -0.3 is 4.74 Å². The van der Waals surface area contributed by atoms with E-state index in [0.717, 1.165) is 18.3 Å². The minimum absolute atomic E-state index is 0.119. The van der Waals surface area contributed by atoms with Gasteiger partial charge in [-0.1, -0.05) is 0 Å². The molecule has 0 amide bonds. The average Bonchev–Trinajstić information content (AvgIpc) is 2.73. The van der Waals surface area contributed by atoms with Crippen LogP contribution in [0.25, 0.3) is 0 Å². The number of nitrogens with zero attached hydrogens (tertiary/aromatic N) is 1. The van der Waals surface area contributed by atoms with Crippen LogP contribution >= 0.6 is 0 Å². The number of halogens is 3. The monoisotopic (exact) mass is 310 g/mol. The number of pyridine rings is 1. The fraction of sp³-hybridized carbons (Fsp3) is 0.545. The Kier molecular flexibility index (Phi) is 3.78. The molecule has 0 spiro atoms. The van der Waals surface area contributed by atoms with Gasteiger partial charge in [0.25, 0.3) is 0 Å². The first-order valence-corrected chi connectivity index (χ1v) is 7.26. The molecule has 1 saturated heterocycles. The third-order valence-corrected chi connectivity index (χ3v) is 4.60. The Bertz CT molecular complexity index is 595. The van der Waals surface area contributed by atoms with Crippen LogP contribution in [-0.4, -0.2) is 32.2 Å². The largest absolute Gasteiger partial charge is 0.434 e. The zero-order chi connectivity index (χ0) is 15.0. The molecule has 1 N–H and O–H groups in total. The molecule has 0 aliphatic carbocycles. The van der Waals surface area contributed by atoms with Crippen molar-refractivity contribution in [1.82, 2.24) is 9.71 Å². The third kappa shape index (κ3) is 3.10. The van der Waals surface area contributed by atoms with Crippen LogP contribution < -0.4 is 4.72 Å². The lowest BCUT2D eigenvalue weighted by Gasteiger charge is -2.24. The van der Waals surface area contributed by atoms with Gasteiger partial charge in [0, 0.05) is 12.8 Å². The van der Waals surface area contributed by atoms with Gasteiger partial charge in [0.2, 0.25) is 10.0 Å². The predicted octanol–water partition coefficient (Wildman–Crippen LogP) is 1.56. The molecule has 5 nitrogen and oxygen atoms in total. The molecule has 1 unspecified atom stereocenters. The second-order valence-electron chi connectivity index (χ2n) is 4.82. The highest BCUT2D eigenvalue weighted by molar-refractivity contribution is 7.89. The Balaban J connectivity index is 2.40. The first kappa shape index (κ1) is 15.2. The van der Waals surface area contributed by atoms with E-state index in [4.69, 9.17) is 4.74 Å². The van der Waals surface area contributed by atoms with E-state index >= 15 is 0 Å². The van der Waals surface area contributed by atoms with Crippen molar-refractivity contribution in [2.45, 2.75) is 30.0 Å². The number of alkyl halides is 3. The highest BCUT2D eigenvalue weighted by atomic mass is 32.2. The SMILES string of the molecule is CC1(NS(=O)(=O)c2cccnc2C(F)(F)F)CCOC1. The molecule has 1 fully saturated rings. The number of nitrogens with one attached hydrogen (secondary N) is 1. The van der Waals surface area contributed by atoms with Gasteiger partial charge in [-0.3, -0.25) is 4.98 Å². The smallest absolute Gasteiger partial charge is 0.379 e. The first-order chi connectivity index (χ1) is 9.14. The Morgan fingerprint density at radius 2 is 2.15 bits per heavy atom. The zero-order valence-corrected chi connectivity index (χ0v) is 11.4. The molecule has 1 aliphatic heterocycles. The summed E-state index contributed by atoms with van der Waals surface area (Å²) in [6, 6.07) is 2.04. The summed E-state index contributed by atoms with van der Waals surface area (Å²) in [4.78, 5) is 2.26. The highest BCUT2D eigenvalue weighted by Gasteiger charge is 2.41. The first-order valence-electron chi connectivity index (χ1n) is 5.78. The standard InChI is InChI=1S/C11H13F3N2O3S/c1-10(4-6-19-7-10)16-20(17,18)8-3-2-5-15-9(8)11(12,13)14/h2-3,5,16H,4,6-7H2,1H3. The van der Waals surface area contributed by atoms with E-state index < -0.39 is 32.3 Å². The van der Waals surface area contributed by atoms with E-state index in [9.17, 15) is 21.6 Å². The second kappa shape index (κ2) is 4.97. The molecule has 9 heteroatoms. The van der Waals surface area contributed by atoms with Crippen LogP contribution in [0.1, 0.15) is 19.0 Å². The van der Waals surface area contributed by atoms with Crippen molar-refractivity contribution in [3.63, 3.8) is 0 Å². The maximum Gasteiger partial charge on any atom is 0.434 e. The van der Waals surface area contributed by atoms with Gasteiger partial charge in [-0.05, 0) is 25.5 Å². The topological polar surface area (TPSA) is 68.3 Å². The van der Waals surface area contributed by atoms with Crippen molar-refractivity contribution in [2.75, 3.05) is 13.2 Å². The summed E-state index contributed by atoms with van der Waals surface area (Å²) in [7, 11) is -4.33. The van der Waals surface area contributed by atoms with Gasteiger partial charge in [-0.25, -0.2) is 13.1 Å². The van der Waals surface area contributed by atoms with E-state index in [1.54, 1.807) is 6.92 Å². The number of hydrogen-bond donors (Lipinski definition) is 1. The Hall–Kier alpha value is -1.19. The van der Waals surface area contributed by atoms with E-state index in [1.165, 1.54) is 0 Å². The summed E-state index contributed by atoms with van der Waals surface area (Å²) in [5, 5.41) is 0. The number of aromatic nitrogens is 1. The Morgan fingerprint density at radius 1 is 1.45 bits per heavy atom. The summed E-state index contributed by atoms with van der Waals surface area (Å²) in [5.74, 6) is 0. The van der Waals surface area contributed by atoms with Crippen molar-refractivity contribution in [2.24, 2.45) is 0 Å². The third-order valence-electron chi connectivity index (χ3n) is 2.93. The van der Waals surface area contributed by atoms with Crippen LogP contribution in [0.4, 0.5) is 13.2 Å². The summed E-state index contributed by atoms with van der Waals surface area (Å²) in [6.07, 6.45) is -3.53. The summed E-state index contributed by atoms with van der Waals surface area (Å²) >= 11 is 0. The fourth-order valence-electron chi connectivity index (χ4n) is 1.95. The van der Waals surface area contributed by atoms with Gasteiger partial charge in [0.05, 0.1) is 12.1 Å². The highest BCUT2D eigenvalue weighted by Crippen LogP contribution is 2.33. The van der Waals surface area contributed by atoms with Gasteiger partial charge in [-0.15, -0.1) is 0 Å². The van der Waals surface area contributed by atoms with Crippen molar-refractivity contribution < 1.29 is 26.3 Å². The molecule has 0 aromatic carbocycles. The molecule has 2 rings (SSSR count). The van der Waals surface area contributed by atoms with Crippen molar-refractivity contribution in [3.05, 3.63) is 24.0 Å². The lowest BCUT2D eigenvalue weighted by atomic mass is 10.0. The summed E-state index contributed by atoms with van der Waals surface area (Å²) in [6.45, 7) is 2.06. The number of sulfonamides is 1. The van der Waals surface area contributed by atoms with Crippen LogP contribution in [0.15, 0.2) is 23.2 Å². The number of hydrogen-bond acceptors (Lipinski definition) is 4. The fourth-order valence-corrected chi connectivity index (χ4v) is 3.55. The van der Waals surface area contributed by atoms with Crippen LogP contribution in [0.3, 0.4) is 0 Å². The number of ether oxygens (including phenoxy) is 1. The van der Waals surface area contributed by atoms with Gasteiger partial charge >= 0.3 is 6.18 Å². The predicted molar refractivity (Wildman–Crippen MR) is 63.4 cm³/mol. The van der Waals surface area contributed by atoms with E-state index in [1.807, 2.05) is 0 Å². The van der Waals surface area contributed by atoms with Gasteiger partial charge in [0.1, 0.15) is 4.90 Å². The quantitative estimate of drug-likeness (QED) is 0.920. The molecular weight excluding hydrogens is 297 g/mol. The lowest BCUT2D eigenvalue weighted by Crippen LogP contribution is -2.46. The van der Waals surface area contributed by atoms with Crippen LogP contribution in [0, 0.1) is 0 Å². The van der Waals surface area contributed by atoms with Crippen LogP contribution in [0.2, 0.25) is 0 Å². The van der Waals surface area contributed by atoms with Crippen molar-refractivity contribution in [3.8, 4) is 0 Å². The van der Waals surface area contributed by atoms with Crippen LogP contribution in [0.5, 0.6) is 0 Å². The molecule has 112 valence electrons. The zero-order valence-electron chi connectivity index (χ0n) is 10.6. The second-order valence-corrected chi connectivity index (χ2v) is 6.47.